The molecule has 5 nitrogen and oxygen atoms in total. The van der Waals surface area contributed by atoms with Gasteiger partial charge in [-0.25, -0.2) is 0 Å². The number of furan rings is 3. The summed E-state index contributed by atoms with van der Waals surface area (Å²) < 4.78 is 23.7. The minimum atomic E-state index is -0.185. The number of nitrogens with zero attached hydrogens (tertiary/aromatic N) is 2. The number of thiophene rings is 1. The van der Waals surface area contributed by atoms with Crippen molar-refractivity contribution >= 4 is 155 Å². The topological polar surface area (TPSA) is 45.9 Å². The molecule has 0 spiro atoms. The molecule has 0 amide bonds. The van der Waals surface area contributed by atoms with Crippen molar-refractivity contribution in [3.05, 3.63) is 224 Å². The second-order valence-electron chi connectivity index (χ2n) is 19.4. The third kappa shape index (κ3) is 5.30. The van der Waals surface area contributed by atoms with Crippen LogP contribution in [0.2, 0.25) is 0 Å². The van der Waals surface area contributed by atoms with E-state index in [0.29, 0.717) is 0 Å². The van der Waals surface area contributed by atoms with Crippen molar-refractivity contribution in [2.24, 2.45) is 0 Å². The van der Waals surface area contributed by atoms with Crippen LogP contribution < -0.4 is 26.2 Å². The molecule has 0 aliphatic carbocycles. The summed E-state index contributed by atoms with van der Waals surface area (Å²) >= 11 is 1.86. The Morgan fingerprint density at radius 2 is 0.808 bits per heavy atom. The molecule has 11 aromatic carbocycles. The van der Waals surface area contributed by atoms with Gasteiger partial charge in [-0.1, -0.05) is 164 Å². The minimum Gasteiger partial charge on any atom is -0.456 e. The summed E-state index contributed by atoms with van der Waals surface area (Å²) in [6, 6.07) is 81.1. The van der Waals surface area contributed by atoms with Gasteiger partial charge in [0, 0.05) is 69.6 Å². The van der Waals surface area contributed by atoms with Crippen LogP contribution in [0.25, 0.3) is 108 Å². The van der Waals surface area contributed by atoms with Crippen LogP contribution in [0.5, 0.6) is 0 Å². The Hall–Kier alpha value is -9.30. The van der Waals surface area contributed by atoms with Crippen LogP contribution in [0.1, 0.15) is 0 Å². The zero-order chi connectivity index (χ0) is 47.5. The van der Waals surface area contributed by atoms with Gasteiger partial charge in [0.15, 0.2) is 11.2 Å². The molecule has 0 saturated heterocycles. The zero-order valence-electron chi connectivity index (χ0n) is 39.0. The molecule has 0 bridgehead atoms. The Balaban J connectivity index is 1.08. The first-order valence-electron chi connectivity index (χ1n) is 24.9. The molecule has 0 saturated carbocycles. The van der Waals surface area contributed by atoms with Crippen LogP contribution in [-0.4, -0.2) is 6.71 Å². The van der Waals surface area contributed by atoms with E-state index in [2.05, 4.69) is 234 Å². The molecule has 0 N–H and O–H groups in total. The third-order valence-corrected chi connectivity index (χ3v) is 16.8. The van der Waals surface area contributed by atoms with Gasteiger partial charge in [0.25, 0.3) is 6.71 Å². The fourth-order valence-electron chi connectivity index (χ4n) is 12.7. The maximum Gasteiger partial charge on any atom is 0.252 e. The van der Waals surface area contributed by atoms with Gasteiger partial charge in [-0.3, -0.25) is 0 Å². The van der Waals surface area contributed by atoms with Crippen LogP contribution >= 0.6 is 11.3 Å². The van der Waals surface area contributed by atoms with Gasteiger partial charge in [0.2, 0.25) is 0 Å². The average molecular weight is 949 g/mol. The van der Waals surface area contributed by atoms with Crippen LogP contribution in [0.15, 0.2) is 238 Å². The lowest BCUT2D eigenvalue weighted by Gasteiger charge is -2.45. The predicted octanol–water partition coefficient (Wildman–Crippen LogP) is 17.2. The second-order valence-corrected chi connectivity index (χ2v) is 20.5. The molecule has 17 rings (SSSR count). The standard InChI is InChI=1S/C66H37BN2O3S/c1-3-16-38(17-4-1)40-30-32-44-42-20-7-11-26-52(42)71-65(44)61(40)68-50-24-15-25-51-60(50)67(48-34-36-55-58(63(48)68)46-22-9-13-28-54(46)70-55)49-35-37-57-59(47-23-10-14-29-56(47)73-57)64(49)69(51)62-41(39-18-5-2-6-19-39)31-33-45-43-21-8-12-27-53(43)72-66(45)62/h1-37H. The highest BCUT2D eigenvalue weighted by Gasteiger charge is 2.47. The first-order valence-corrected chi connectivity index (χ1v) is 25.7. The molecular formula is C66H37BN2O3S. The van der Waals surface area contributed by atoms with Gasteiger partial charge < -0.3 is 23.1 Å². The molecule has 2 aliphatic rings. The summed E-state index contributed by atoms with van der Waals surface area (Å²) in [6.07, 6.45) is 0. The van der Waals surface area contributed by atoms with Crippen molar-refractivity contribution in [3.63, 3.8) is 0 Å². The van der Waals surface area contributed by atoms with Crippen molar-refractivity contribution in [1.29, 1.82) is 0 Å². The summed E-state index contributed by atoms with van der Waals surface area (Å²) in [5.74, 6) is 0. The molecule has 0 unspecified atom stereocenters. The first kappa shape index (κ1) is 39.4. The minimum absolute atomic E-state index is 0.185. The van der Waals surface area contributed by atoms with Crippen molar-refractivity contribution in [2.45, 2.75) is 0 Å². The zero-order valence-corrected chi connectivity index (χ0v) is 39.8. The van der Waals surface area contributed by atoms with Crippen LogP contribution in [0, 0.1) is 0 Å². The molecule has 7 heteroatoms. The van der Waals surface area contributed by atoms with Crippen molar-refractivity contribution in [1.82, 2.24) is 0 Å². The van der Waals surface area contributed by atoms with Crippen molar-refractivity contribution < 1.29 is 13.3 Å². The molecule has 6 heterocycles. The molecular weight excluding hydrogens is 912 g/mol. The van der Waals surface area contributed by atoms with E-state index in [1.807, 2.05) is 11.3 Å². The van der Waals surface area contributed by atoms with E-state index in [-0.39, 0.29) is 6.71 Å². The predicted molar refractivity (Wildman–Crippen MR) is 306 cm³/mol. The van der Waals surface area contributed by atoms with E-state index in [1.54, 1.807) is 0 Å². The number of para-hydroxylation sites is 3. The molecule has 338 valence electrons. The smallest absolute Gasteiger partial charge is 0.252 e. The van der Waals surface area contributed by atoms with Crippen molar-refractivity contribution in [3.8, 4) is 22.3 Å². The van der Waals surface area contributed by atoms with Gasteiger partial charge in [-0.2, -0.15) is 0 Å². The van der Waals surface area contributed by atoms with Gasteiger partial charge in [0.05, 0.1) is 28.1 Å². The highest BCUT2D eigenvalue weighted by atomic mass is 32.1. The van der Waals surface area contributed by atoms with Crippen LogP contribution in [0.4, 0.5) is 34.1 Å². The number of benzene rings is 11. The van der Waals surface area contributed by atoms with E-state index in [4.69, 9.17) is 13.3 Å². The lowest BCUT2D eigenvalue weighted by Crippen LogP contribution is -2.61. The Bertz CT molecular complexity index is 4530. The fourth-order valence-corrected chi connectivity index (χ4v) is 13.8. The number of fused-ring (bicyclic) bond motifs is 18. The Labute approximate surface area is 422 Å². The largest absolute Gasteiger partial charge is 0.456 e. The maximum absolute atomic E-state index is 7.20. The SMILES string of the molecule is c1ccc(-c2ccc3c(oc4ccccc43)c2N2c3cccc4c3B(c3ccc5oc6ccccc6c5c32)c2ccc3sc5ccccc5c3c2N4c2c(-c3ccccc3)ccc3c2oc2ccccc23)cc1. The molecule has 0 fully saturated rings. The highest BCUT2D eigenvalue weighted by molar-refractivity contribution is 7.26. The first-order chi connectivity index (χ1) is 36.2. The third-order valence-electron chi connectivity index (χ3n) is 15.7. The normalized spacial score (nSPS) is 13.1. The average Bonchev–Trinajstić information content (AvgIpc) is 4.24. The molecule has 2 aliphatic heterocycles. The maximum atomic E-state index is 7.20. The Kier molecular flexibility index (Phi) is 7.91. The van der Waals surface area contributed by atoms with Gasteiger partial charge in [0.1, 0.15) is 22.3 Å². The summed E-state index contributed by atoms with van der Waals surface area (Å²) in [6.45, 7) is -0.185. The van der Waals surface area contributed by atoms with Gasteiger partial charge >= 0.3 is 0 Å². The lowest BCUT2D eigenvalue weighted by atomic mass is 9.33. The number of hydrogen-bond acceptors (Lipinski definition) is 6. The van der Waals surface area contributed by atoms with E-state index >= 15 is 0 Å². The Morgan fingerprint density at radius 1 is 0.315 bits per heavy atom. The van der Waals surface area contributed by atoms with E-state index < -0.39 is 0 Å². The van der Waals surface area contributed by atoms with Gasteiger partial charge in [-0.15, -0.1) is 11.3 Å². The number of rotatable bonds is 4. The number of anilines is 6. The molecule has 15 aromatic rings. The summed E-state index contributed by atoms with van der Waals surface area (Å²) in [5.41, 5.74) is 19.4. The van der Waals surface area contributed by atoms with E-state index in [9.17, 15) is 0 Å². The van der Waals surface area contributed by atoms with Crippen molar-refractivity contribution in [2.75, 3.05) is 9.80 Å². The van der Waals surface area contributed by atoms with Gasteiger partial charge in [-0.05, 0) is 88.2 Å². The molecule has 73 heavy (non-hydrogen) atoms. The molecule has 4 aromatic heterocycles. The summed E-state index contributed by atoms with van der Waals surface area (Å²) in [5, 5.41) is 8.91. The quantitative estimate of drug-likeness (QED) is 0.165. The number of hydrogen-bond donors (Lipinski definition) is 0. The Morgan fingerprint density at radius 3 is 1.41 bits per heavy atom. The monoisotopic (exact) mass is 948 g/mol. The van der Waals surface area contributed by atoms with Crippen LogP contribution in [0.3, 0.4) is 0 Å². The molecule has 0 atom stereocenters. The summed E-state index contributed by atoms with van der Waals surface area (Å²) in [7, 11) is 0. The van der Waals surface area contributed by atoms with Crippen LogP contribution in [-0.2, 0) is 0 Å². The lowest BCUT2D eigenvalue weighted by molar-refractivity contribution is 0.668. The molecule has 0 radical (unpaired) electrons. The summed E-state index contributed by atoms with van der Waals surface area (Å²) in [4.78, 5) is 5.11. The van der Waals surface area contributed by atoms with E-state index in [1.165, 1.54) is 36.6 Å². The second kappa shape index (κ2) is 14.6. The fraction of sp³-hybridized carbons (Fsp3) is 0. The highest BCUT2D eigenvalue weighted by Crippen LogP contribution is 2.56. The van der Waals surface area contributed by atoms with E-state index in [0.717, 1.165) is 122 Å².